The fraction of sp³-hybridized carbons (Fsp3) is 0.933. The second-order valence-electron chi connectivity index (χ2n) is 6.36. The lowest BCUT2D eigenvalue weighted by Gasteiger charge is -2.28. The predicted molar refractivity (Wildman–Crippen MR) is 82.1 cm³/mol. The van der Waals surface area contributed by atoms with Crippen LogP contribution in [0.5, 0.6) is 0 Å². The molecule has 4 heteroatoms. The first-order chi connectivity index (χ1) is 8.73. The lowest BCUT2D eigenvalue weighted by molar-refractivity contribution is -0.123. The molecule has 0 fully saturated rings. The summed E-state index contributed by atoms with van der Waals surface area (Å²) in [6, 6.07) is 0.617. The number of rotatable bonds is 10. The van der Waals surface area contributed by atoms with Crippen LogP contribution >= 0.6 is 0 Å². The number of carbonyl (C=O) groups excluding carboxylic acids is 1. The molecule has 2 atom stereocenters. The van der Waals surface area contributed by atoms with Gasteiger partial charge in [0.05, 0.1) is 5.54 Å². The van der Waals surface area contributed by atoms with Crippen LogP contribution < -0.4 is 11.1 Å². The molecule has 3 N–H and O–H groups in total. The van der Waals surface area contributed by atoms with E-state index in [1.54, 1.807) is 7.05 Å². The van der Waals surface area contributed by atoms with Crippen LogP contribution in [0.25, 0.3) is 0 Å². The van der Waals surface area contributed by atoms with Gasteiger partial charge in [0.2, 0.25) is 5.91 Å². The Kier molecular flexibility index (Phi) is 8.26. The maximum atomic E-state index is 11.4. The molecule has 0 rings (SSSR count). The van der Waals surface area contributed by atoms with Crippen molar-refractivity contribution in [1.82, 2.24) is 10.2 Å². The van der Waals surface area contributed by atoms with Gasteiger partial charge in [-0.05, 0) is 66.1 Å². The minimum Gasteiger partial charge on any atom is -0.368 e. The number of likely N-dealkylation sites (N-methyl/N-ethyl adjacent to an activating group) is 1. The molecule has 2 unspecified atom stereocenters. The summed E-state index contributed by atoms with van der Waals surface area (Å²) in [7, 11) is 3.97. The summed E-state index contributed by atoms with van der Waals surface area (Å²) in [6.07, 6.45) is 4.14. The van der Waals surface area contributed by atoms with Crippen LogP contribution in [0, 0.1) is 5.92 Å². The van der Waals surface area contributed by atoms with E-state index < -0.39 is 5.54 Å². The van der Waals surface area contributed by atoms with Gasteiger partial charge in [-0.15, -0.1) is 0 Å². The fourth-order valence-electron chi connectivity index (χ4n) is 2.29. The Labute approximate surface area is 119 Å². The monoisotopic (exact) mass is 271 g/mol. The number of nitrogens with two attached hydrogens (primary N) is 1. The minimum absolute atomic E-state index is 0.267. The third-order valence-electron chi connectivity index (χ3n) is 4.10. The van der Waals surface area contributed by atoms with E-state index in [-0.39, 0.29) is 5.91 Å². The molecule has 4 nitrogen and oxygen atoms in total. The predicted octanol–water partition coefficient (Wildman–Crippen LogP) is 1.99. The number of carbonyl (C=O) groups is 1. The molecular formula is C15H33N3O. The molecule has 0 aromatic rings. The molecular weight excluding hydrogens is 238 g/mol. The van der Waals surface area contributed by atoms with Crippen molar-refractivity contribution in [3.05, 3.63) is 0 Å². The van der Waals surface area contributed by atoms with Gasteiger partial charge in [-0.3, -0.25) is 4.79 Å². The van der Waals surface area contributed by atoms with Gasteiger partial charge in [-0.1, -0.05) is 13.8 Å². The SMILES string of the molecule is CNC(C)(CCCCN(C)C(C)CC(C)C)C(N)=O. The highest BCUT2D eigenvalue weighted by molar-refractivity contribution is 5.84. The van der Waals surface area contributed by atoms with Gasteiger partial charge in [0.15, 0.2) is 0 Å². The summed E-state index contributed by atoms with van der Waals surface area (Å²) in [5.41, 5.74) is 4.85. The van der Waals surface area contributed by atoms with Crippen LogP contribution in [0.1, 0.15) is 53.4 Å². The Balaban J connectivity index is 3.94. The summed E-state index contributed by atoms with van der Waals surface area (Å²) in [5.74, 6) is 0.469. The molecule has 0 aromatic heterocycles. The van der Waals surface area contributed by atoms with Crippen LogP contribution in [-0.2, 0) is 4.79 Å². The molecule has 0 heterocycles. The Hall–Kier alpha value is -0.610. The average Bonchev–Trinajstić information content (AvgIpc) is 2.32. The quantitative estimate of drug-likeness (QED) is 0.597. The zero-order chi connectivity index (χ0) is 15.1. The lowest BCUT2D eigenvalue weighted by atomic mass is 9.94. The molecule has 0 radical (unpaired) electrons. The minimum atomic E-state index is -0.567. The molecule has 0 aromatic carbocycles. The molecule has 114 valence electrons. The summed E-state index contributed by atoms with van der Waals surface area (Å²) in [5, 5.41) is 3.03. The number of primary amides is 1. The number of unbranched alkanes of at least 4 members (excludes halogenated alkanes) is 1. The Morgan fingerprint density at radius 1 is 1.32 bits per heavy atom. The van der Waals surface area contributed by atoms with Gasteiger partial charge in [-0.2, -0.15) is 0 Å². The van der Waals surface area contributed by atoms with E-state index in [2.05, 4.69) is 38.0 Å². The topological polar surface area (TPSA) is 58.4 Å². The number of hydrogen-bond acceptors (Lipinski definition) is 3. The molecule has 0 aliphatic rings. The van der Waals surface area contributed by atoms with Gasteiger partial charge < -0.3 is 16.0 Å². The lowest BCUT2D eigenvalue weighted by Crippen LogP contribution is -2.51. The second kappa shape index (κ2) is 8.54. The maximum absolute atomic E-state index is 11.4. The van der Waals surface area contributed by atoms with Gasteiger partial charge in [0, 0.05) is 6.04 Å². The molecule has 0 aliphatic carbocycles. The van der Waals surface area contributed by atoms with Crippen molar-refractivity contribution in [1.29, 1.82) is 0 Å². The van der Waals surface area contributed by atoms with Crippen molar-refractivity contribution in [2.75, 3.05) is 20.6 Å². The van der Waals surface area contributed by atoms with Crippen LogP contribution in [0.15, 0.2) is 0 Å². The molecule has 1 amide bonds. The summed E-state index contributed by atoms with van der Waals surface area (Å²) in [6.45, 7) is 9.75. The molecule has 0 saturated carbocycles. The number of amides is 1. The van der Waals surface area contributed by atoms with E-state index in [9.17, 15) is 4.79 Å². The maximum Gasteiger partial charge on any atom is 0.237 e. The second-order valence-corrected chi connectivity index (χ2v) is 6.36. The van der Waals surface area contributed by atoms with Crippen molar-refractivity contribution in [2.45, 2.75) is 65.0 Å². The highest BCUT2D eigenvalue weighted by Crippen LogP contribution is 2.14. The summed E-state index contributed by atoms with van der Waals surface area (Å²) in [4.78, 5) is 13.8. The van der Waals surface area contributed by atoms with E-state index in [1.165, 1.54) is 6.42 Å². The highest BCUT2D eigenvalue weighted by Gasteiger charge is 2.27. The van der Waals surface area contributed by atoms with Crippen molar-refractivity contribution in [3.8, 4) is 0 Å². The van der Waals surface area contributed by atoms with Gasteiger partial charge in [-0.25, -0.2) is 0 Å². The van der Waals surface area contributed by atoms with E-state index in [0.29, 0.717) is 6.04 Å². The summed E-state index contributed by atoms with van der Waals surface area (Å²) >= 11 is 0. The number of nitrogens with one attached hydrogen (secondary N) is 1. The van der Waals surface area contributed by atoms with E-state index >= 15 is 0 Å². The van der Waals surface area contributed by atoms with Crippen molar-refractivity contribution < 1.29 is 4.79 Å². The normalized spacial score (nSPS) is 16.6. The van der Waals surface area contributed by atoms with E-state index in [1.807, 2.05) is 6.92 Å². The molecule has 0 spiro atoms. The molecule has 19 heavy (non-hydrogen) atoms. The summed E-state index contributed by atoms with van der Waals surface area (Å²) < 4.78 is 0. The number of nitrogens with zero attached hydrogens (tertiary/aromatic N) is 1. The van der Waals surface area contributed by atoms with Gasteiger partial charge in [0.25, 0.3) is 0 Å². The number of hydrogen-bond donors (Lipinski definition) is 2. The first-order valence-corrected chi connectivity index (χ1v) is 7.42. The third kappa shape index (κ3) is 6.92. The Morgan fingerprint density at radius 3 is 2.32 bits per heavy atom. The van der Waals surface area contributed by atoms with Crippen LogP contribution in [0.4, 0.5) is 0 Å². The Bertz CT molecular complexity index is 268. The zero-order valence-corrected chi connectivity index (χ0v) is 13.6. The van der Waals surface area contributed by atoms with Crippen LogP contribution in [-0.4, -0.2) is 43.0 Å². The van der Waals surface area contributed by atoms with Gasteiger partial charge >= 0.3 is 0 Å². The fourth-order valence-corrected chi connectivity index (χ4v) is 2.29. The standard InChI is InChI=1S/C15H33N3O/c1-12(2)11-13(3)18(6)10-8-7-9-15(4,17-5)14(16)19/h12-13,17H,7-11H2,1-6H3,(H2,16,19). The Morgan fingerprint density at radius 2 is 1.89 bits per heavy atom. The molecule has 0 bridgehead atoms. The van der Waals surface area contributed by atoms with Crippen molar-refractivity contribution in [2.24, 2.45) is 11.7 Å². The smallest absolute Gasteiger partial charge is 0.237 e. The zero-order valence-electron chi connectivity index (χ0n) is 13.6. The first kappa shape index (κ1) is 18.4. The van der Waals surface area contributed by atoms with Crippen molar-refractivity contribution >= 4 is 5.91 Å². The highest BCUT2D eigenvalue weighted by atomic mass is 16.1. The van der Waals surface area contributed by atoms with Crippen molar-refractivity contribution in [3.63, 3.8) is 0 Å². The van der Waals surface area contributed by atoms with Gasteiger partial charge in [0.1, 0.15) is 0 Å². The average molecular weight is 271 g/mol. The van der Waals surface area contributed by atoms with E-state index in [0.717, 1.165) is 31.7 Å². The third-order valence-corrected chi connectivity index (χ3v) is 4.10. The van der Waals surface area contributed by atoms with Crippen LogP contribution in [0.3, 0.4) is 0 Å². The molecule has 0 aliphatic heterocycles. The first-order valence-electron chi connectivity index (χ1n) is 7.42. The molecule has 0 saturated heterocycles. The largest absolute Gasteiger partial charge is 0.368 e. The van der Waals surface area contributed by atoms with E-state index in [4.69, 9.17) is 5.73 Å². The van der Waals surface area contributed by atoms with Crippen LogP contribution in [0.2, 0.25) is 0 Å².